The second-order valence-electron chi connectivity index (χ2n) is 7.32. The molecule has 0 saturated carbocycles. The Balaban J connectivity index is 1.44. The van der Waals surface area contributed by atoms with Crippen LogP contribution in [0.4, 0.5) is 0 Å². The first-order valence-corrected chi connectivity index (χ1v) is 10.2. The number of amides is 1. The number of benzene rings is 2. The molecular weight excluding hydrogens is 396 g/mol. The summed E-state index contributed by atoms with van der Waals surface area (Å²) in [5.41, 5.74) is 5.79. The molecule has 2 aromatic carbocycles. The minimum Gasteiger partial charge on any atom is -0.348 e. The Morgan fingerprint density at radius 1 is 1.00 bits per heavy atom. The van der Waals surface area contributed by atoms with Crippen molar-refractivity contribution in [1.82, 2.24) is 19.7 Å². The van der Waals surface area contributed by atoms with Crippen LogP contribution in [0.1, 0.15) is 32.9 Å². The Morgan fingerprint density at radius 2 is 1.70 bits per heavy atom. The van der Waals surface area contributed by atoms with Gasteiger partial charge in [0.05, 0.1) is 17.1 Å². The third kappa shape index (κ3) is 4.31. The molecular formula is C24H23ClN4O. The standard InChI is InChI=1S/C24H23ClN4O/c1-17-4-5-18(2)29(17)21-10-11-23(25)22(14-21)24(30)26-15-19-6-8-20(9-7-19)16-28-13-3-12-27-28/h3-14H,15-16H2,1-2H3,(H,26,30). The number of nitrogens with one attached hydrogen (secondary N) is 1. The summed E-state index contributed by atoms with van der Waals surface area (Å²) in [5, 5.41) is 7.63. The quantitative estimate of drug-likeness (QED) is 0.483. The lowest BCUT2D eigenvalue weighted by Gasteiger charge is -2.13. The molecule has 4 aromatic rings. The number of hydrogen-bond donors (Lipinski definition) is 1. The van der Waals surface area contributed by atoms with Gasteiger partial charge in [0.2, 0.25) is 0 Å². The van der Waals surface area contributed by atoms with Crippen molar-refractivity contribution in [2.75, 3.05) is 0 Å². The van der Waals surface area contributed by atoms with E-state index < -0.39 is 0 Å². The molecule has 0 fully saturated rings. The highest BCUT2D eigenvalue weighted by molar-refractivity contribution is 6.33. The first-order valence-electron chi connectivity index (χ1n) is 9.79. The number of halogens is 1. The molecule has 0 spiro atoms. The lowest BCUT2D eigenvalue weighted by Crippen LogP contribution is -2.23. The smallest absolute Gasteiger partial charge is 0.253 e. The van der Waals surface area contributed by atoms with E-state index in [0.717, 1.165) is 34.7 Å². The fourth-order valence-corrected chi connectivity index (χ4v) is 3.73. The molecule has 30 heavy (non-hydrogen) atoms. The van der Waals surface area contributed by atoms with E-state index in [1.54, 1.807) is 12.3 Å². The highest BCUT2D eigenvalue weighted by atomic mass is 35.5. The summed E-state index contributed by atoms with van der Waals surface area (Å²) in [6.45, 7) is 5.23. The topological polar surface area (TPSA) is 51.9 Å². The molecule has 6 heteroatoms. The van der Waals surface area contributed by atoms with E-state index in [9.17, 15) is 4.79 Å². The van der Waals surface area contributed by atoms with Crippen LogP contribution < -0.4 is 5.32 Å². The van der Waals surface area contributed by atoms with Crippen molar-refractivity contribution in [3.8, 4) is 5.69 Å². The van der Waals surface area contributed by atoms with Crippen LogP contribution in [0.3, 0.4) is 0 Å². The van der Waals surface area contributed by atoms with Crippen LogP contribution in [0.2, 0.25) is 5.02 Å². The number of hydrogen-bond acceptors (Lipinski definition) is 2. The third-order valence-electron chi connectivity index (χ3n) is 5.10. The number of carbonyl (C=O) groups excluding carboxylic acids is 1. The Morgan fingerprint density at radius 3 is 2.37 bits per heavy atom. The summed E-state index contributed by atoms with van der Waals surface area (Å²) >= 11 is 6.32. The zero-order chi connectivity index (χ0) is 21.1. The minimum atomic E-state index is -0.190. The molecule has 0 bridgehead atoms. The Kier molecular flexibility index (Phi) is 5.72. The second kappa shape index (κ2) is 8.59. The monoisotopic (exact) mass is 418 g/mol. The number of carbonyl (C=O) groups is 1. The van der Waals surface area contributed by atoms with Crippen LogP contribution in [0.15, 0.2) is 73.1 Å². The van der Waals surface area contributed by atoms with Gasteiger partial charge in [0.1, 0.15) is 0 Å². The van der Waals surface area contributed by atoms with Crippen molar-refractivity contribution in [3.63, 3.8) is 0 Å². The van der Waals surface area contributed by atoms with Crippen LogP contribution in [0.25, 0.3) is 5.69 Å². The molecule has 2 aromatic heterocycles. The SMILES string of the molecule is Cc1ccc(C)n1-c1ccc(Cl)c(C(=O)NCc2ccc(Cn3cccn3)cc2)c1. The van der Waals surface area contributed by atoms with Gasteiger partial charge in [-0.1, -0.05) is 35.9 Å². The average molecular weight is 419 g/mol. The van der Waals surface area contributed by atoms with E-state index in [2.05, 4.69) is 27.1 Å². The van der Waals surface area contributed by atoms with E-state index in [1.165, 1.54) is 0 Å². The molecule has 2 heterocycles. The van der Waals surface area contributed by atoms with Crippen molar-refractivity contribution in [3.05, 3.63) is 106 Å². The predicted molar refractivity (Wildman–Crippen MR) is 119 cm³/mol. The number of nitrogens with zero attached hydrogens (tertiary/aromatic N) is 3. The summed E-state index contributed by atoms with van der Waals surface area (Å²) < 4.78 is 3.98. The van der Waals surface area contributed by atoms with E-state index in [1.807, 2.05) is 67.2 Å². The lowest BCUT2D eigenvalue weighted by atomic mass is 10.1. The summed E-state index contributed by atoms with van der Waals surface area (Å²) in [6.07, 6.45) is 3.70. The van der Waals surface area contributed by atoms with Crippen LogP contribution >= 0.6 is 11.6 Å². The number of aryl methyl sites for hydroxylation is 2. The molecule has 1 amide bonds. The Hall–Kier alpha value is -3.31. The molecule has 0 saturated heterocycles. The lowest BCUT2D eigenvalue weighted by molar-refractivity contribution is 0.0951. The average Bonchev–Trinajstić information content (AvgIpc) is 3.37. The molecule has 0 aliphatic heterocycles. The van der Waals surface area contributed by atoms with Gasteiger partial charge in [0, 0.05) is 36.0 Å². The van der Waals surface area contributed by atoms with Crippen molar-refractivity contribution in [2.24, 2.45) is 0 Å². The zero-order valence-electron chi connectivity index (χ0n) is 17.0. The van der Waals surface area contributed by atoms with Crippen molar-refractivity contribution in [2.45, 2.75) is 26.9 Å². The van der Waals surface area contributed by atoms with Crippen LogP contribution in [0.5, 0.6) is 0 Å². The van der Waals surface area contributed by atoms with Crippen molar-refractivity contribution < 1.29 is 4.79 Å². The molecule has 0 radical (unpaired) electrons. The van der Waals surface area contributed by atoms with Crippen molar-refractivity contribution >= 4 is 17.5 Å². The molecule has 1 N–H and O–H groups in total. The fourth-order valence-electron chi connectivity index (χ4n) is 3.52. The van der Waals surface area contributed by atoms with Gasteiger partial charge in [-0.3, -0.25) is 9.48 Å². The molecule has 5 nitrogen and oxygen atoms in total. The molecule has 0 aliphatic carbocycles. The largest absolute Gasteiger partial charge is 0.348 e. The first kappa shape index (κ1) is 20.0. The first-order chi connectivity index (χ1) is 14.5. The minimum absolute atomic E-state index is 0.190. The molecule has 0 atom stereocenters. The van der Waals surface area contributed by atoms with Gasteiger partial charge < -0.3 is 9.88 Å². The van der Waals surface area contributed by atoms with E-state index >= 15 is 0 Å². The van der Waals surface area contributed by atoms with Gasteiger partial charge in [-0.2, -0.15) is 5.10 Å². The van der Waals surface area contributed by atoms with Gasteiger partial charge in [0.15, 0.2) is 0 Å². The summed E-state index contributed by atoms with van der Waals surface area (Å²) in [5.74, 6) is -0.190. The van der Waals surface area contributed by atoms with E-state index in [4.69, 9.17) is 11.6 Å². The van der Waals surface area contributed by atoms with Crippen LogP contribution in [-0.4, -0.2) is 20.3 Å². The normalized spacial score (nSPS) is 10.9. The molecule has 0 unspecified atom stereocenters. The molecule has 152 valence electrons. The van der Waals surface area contributed by atoms with Crippen LogP contribution in [-0.2, 0) is 13.1 Å². The molecule has 0 aliphatic rings. The van der Waals surface area contributed by atoms with Gasteiger partial charge in [-0.05, 0) is 61.4 Å². The summed E-state index contributed by atoms with van der Waals surface area (Å²) in [4.78, 5) is 12.8. The zero-order valence-corrected chi connectivity index (χ0v) is 17.7. The summed E-state index contributed by atoms with van der Waals surface area (Å²) in [7, 11) is 0. The highest BCUT2D eigenvalue weighted by Crippen LogP contribution is 2.23. The number of rotatable bonds is 6. The summed E-state index contributed by atoms with van der Waals surface area (Å²) in [6, 6.07) is 19.7. The van der Waals surface area contributed by atoms with E-state index in [0.29, 0.717) is 17.1 Å². The predicted octanol–water partition coefficient (Wildman–Crippen LogP) is 4.92. The van der Waals surface area contributed by atoms with Crippen LogP contribution in [0, 0.1) is 13.8 Å². The molecule has 4 rings (SSSR count). The van der Waals surface area contributed by atoms with Gasteiger partial charge in [-0.25, -0.2) is 0 Å². The number of aromatic nitrogens is 3. The highest BCUT2D eigenvalue weighted by Gasteiger charge is 2.13. The maximum atomic E-state index is 12.8. The maximum Gasteiger partial charge on any atom is 0.253 e. The maximum absolute atomic E-state index is 12.8. The van der Waals surface area contributed by atoms with Gasteiger partial charge >= 0.3 is 0 Å². The van der Waals surface area contributed by atoms with Crippen molar-refractivity contribution in [1.29, 1.82) is 0 Å². The fraction of sp³-hybridized carbons (Fsp3) is 0.167. The van der Waals surface area contributed by atoms with Gasteiger partial charge in [0.25, 0.3) is 5.91 Å². The Bertz CT molecular complexity index is 1140. The Labute approximate surface area is 180 Å². The van der Waals surface area contributed by atoms with Gasteiger partial charge in [-0.15, -0.1) is 0 Å². The third-order valence-corrected chi connectivity index (χ3v) is 5.43. The second-order valence-corrected chi connectivity index (χ2v) is 7.73. The van der Waals surface area contributed by atoms with E-state index in [-0.39, 0.29) is 5.91 Å².